The fourth-order valence-corrected chi connectivity index (χ4v) is 1.90. The van der Waals surface area contributed by atoms with Crippen molar-refractivity contribution in [2.75, 3.05) is 12.3 Å². The third-order valence-electron chi connectivity index (χ3n) is 3.28. The number of nitrogen functional groups attached to an aromatic ring is 1. The van der Waals surface area contributed by atoms with Gasteiger partial charge in [0, 0.05) is 11.7 Å². The third kappa shape index (κ3) is 5.46. The van der Waals surface area contributed by atoms with Crippen LogP contribution in [0.5, 0.6) is 0 Å². The van der Waals surface area contributed by atoms with Gasteiger partial charge in [-0.15, -0.1) is 0 Å². The molecule has 0 saturated heterocycles. The van der Waals surface area contributed by atoms with Gasteiger partial charge in [0.05, 0.1) is 11.1 Å². The normalized spacial score (nSPS) is 11.4. The van der Waals surface area contributed by atoms with E-state index in [0.717, 1.165) is 25.0 Å². The topological polar surface area (TPSA) is 81.4 Å². The average Bonchev–Trinajstić information content (AvgIpc) is 2.49. The van der Waals surface area contributed by atoms with Crippen molar-refractivity contribution in [1.29, 1.82) is 0 Å². The van der Waals surface area contributed by atoms with E-state index < -0.39 is 30.2 Å². The van der Waals surface area contributed by atoms with Gasteiger partial charge in [-0.1, -0.05) is 13.8 Å². The molecule has 0 radical (unpaired) electrons. The zero-order valence-corrected chi connectivity index (χ0v) is 12.9. The number of nitrogens with one attached hydrogen (secondary N) is 1. The van der Waals surface area contributed by atoms with Gasteiger partial charge in [-0.3, -0.25) is 4.79 Å². The van der Waals surface area contributed by atoms with Crippen LogP contribution in [0.2, 0.25) is 0 Å². The van der Waals surface area contributed by atoms with Gasteiger partial charge in [0.1, 0.15) is 0 Å². The Morgan fingerprint density at radius 2 is 1.87 bits per heavy atom. The first-order chi connectivity index (χ1) is 10.7. The van der Waals surface area contributed by atoms with Gasteiger partial charge in [0.15, 0.2) is 6.61 Å². The molecular weight excluding hydrogens is 313 g/mol. The number of benzene rings is 1. The summed E-state index contributed by atoms with van der Waals surface area (Å²) in [5, 5.41) is 2.67. The molecule has 0 spiro atoms. The van der Waals surface area contributed by atoms with Gasteiger partial charge >= 0.3 is 12.1 Å². The Morgan fingerprint density at radius 1 is 1.26 bits per heavy atom. The number of rotatable bonds is 6. The van der Waals surface area contributed by atoms with Gasteiger partial charge in [0.25, 0.3) is 5.91 Å². The van der Waals surface area contributed by atoms with E-state index in [4.69, 9.17) is 10.5 Å². The van der Waals surface area contributed by atoms with Crippen LogP contribution in [-0.4, -0.2) is 24.5 Å². The molecule has 1 aromatic rings. The minimum Gasteiger partial charge on any atom is -0.452 e. The van der Waals surface area contributed by atoms with Crippen LogP contribution in [0.15, 0.2) is 18.2 Å². The minimum atomic E-state index is -4.55. The van der Waals surface area contributed by atoms with E-state index in [1.54, 1.807) is 0 Å². The quantitative estimate of drug-likeness (QED) is 0.620. The van der Waals surface area contributed by atoms with Gasteiger partial charge in [0.2, 0.25) is 0 Å². The number of carbonyl (C=O) groups excluding carboxylic acids is 2. The van der Waals surface area contributed by atoms with Crippen LogP contribution in [0.25, 0.3) is 0 Å². The van der Waals surface area contributed by atoms with Crippen molar-refractivity contribution in [2.45, 2.75) is 38.9 Å². The van der Waals surface area contributed by atoms with Crippen LogP contribution >= 0.6 is 0 Å². The van der Waals surface area contributed by atoms with Crippen molar-refractivity contribution in [2.24, 2.45) is 0 Å². The highest BCUT2D eigenvalue weighted by Crippen LogP contribution is 2.31. The fourth-order valence-electron chi connectivity index (χ4n) is 1.90. The molecule has 0 aliphatic heterocycles. The summed E-state index contributed by atoms with van der Waals surface area (Å²) >= 11 is 0. The molecule has 0 fully saturated rings. The molecular formula is C15H19F3N2O3. The second-order valence-electron chi connectivity index (χ2n) is 4.96. The van der Waals surface area contributed by atoms with Crippen LogP contribution in [0, 0.1) is 0 Å². The molecule has 8 heteroatoms. The zero-order valence-electron chi connectivity index (χ0n) is 12.9. The van der Waals surface area contributed by atoms with Gasteiger partial charge in [-0.2, -0.15) is 13.2 Å². The van der Waals surface area contributed by atoms with E-state index in [-0.39, 0.29) is 17.3 Å². The molecule has 0 aromatic heterocycles. The molecule has 1 rings (SSSR count). The van der Waals surface area contributed by atoms with Crippen LogP contribution < -0.4 is 11.1 Å². The first-order valence-corrected chi connectivity index (χ1v) is 7.12. The first kappa shape index (κ1) is 18.8. The molecule has 1 amide bonds. The molecule has 0 saturated carbocycles. The monoisotopic (exact) mass is 332 g/mol. The lowest BCUT2D eigenvalue weighted by Crippen LogP contribution is -2.36. The van der Waals surface area contributed by atoms with Crippen molar-refractivity contribution in [3.8, 4) is 0 Å². The summed E-state index contributed by atoms with van der Waals surface area (Å²) in [5.41, 5.74) is 3.92. The number of anilines is 1. The number of hydrogen-bond donors (Lipinski definition) is 2. The zero-order chi connectivity index (χ0) is 17.6. The predicted octanol–water partition coefficient (Wildman–Crippen LogP) is 2.75. The van der Waals surface area contributed by atoms with E-state index in [9.17, 15) is 22.8 Å². The Kier molecular flexibility index (Phi) is 6.41. The molecule has 0 unspecified atom stereocenters. The van der Waals surface area contributed by atoms with Crippen molar-refractivity contribution in [3.05, 3.63) is 29.3 Å². The number of hydrogen-bond acceptors (Lipinski definition) is 4. The lowest BCUT2D eigenvalue weighted by atomic mass is 10.1. The van der Waals surface area contributed by atoms with E-state index in [1.165, 1.54) is 0 Å². The lowest BCUT2D eigenvalue weighted by molar-refractivity contribution is -0.137. The summed E-state index contributed by atoms with van der Waals surface area (Å²) in [6.07, 6.45) is -3.07. The molecule has 5 nitrogen and oxygen atoms in total. The van der Waals surface area contributed by atoms with Crippen LogP contribution in [-0.2, 0) is 15.7 Å². The number of carbonyl (C=O) groups is 2. The number of ether oxygens (including phenoxy) is 1. The molecule has 23 heavy (non-hydrogen) atoms. The summed E-state index contributed by atoms with van der Waals surface area (Å²) in [6, 6.07) is 2.30. The lowest BCUT2D eigenvalue weighted by Gasteiger charge is -2.15. The molecule has 0 aliphatic carbocycles. The molecule has 0 heterocycles. The Balaban J connectivity index is 2.67. The first-order valence-electron chi connectivity index (χ1n) is 7.12. The maximum absolute atomic E-state index is 12.5. The van der Waals surface area contributed by atoms with E-state index in [2.05, 4.69) is 5.32 Å². The highest BCUT2D eigenvalue weighted by atomic mass is 19.4. The van der Waals surface area contributed by atoms with Gasteiger partial charge in [-0.05, 0) is 31.0 Å². The molecule has 0 aliphatic rings. The third-order valence-corrected chi connectivity index (χ3v) is 3.28. The Labute approximate surface area is 132 Å². The van der Waals surface area contributed by atoms with Crippen molar-refractivity contribution >= 4 is 17.6 Å². The number of nitrogens with two attached hydrogens (primary N) is 1. The average molecular weight is 332 g/mol. The van der Waals surface area contributed by atoms with E-state index >= 15 is 0 Å². The standard InChI is InChI=1S/C15H19F3N2O3/c1-3-10(4-2)20-13(21)8-23-14(22)11-6-5-9(7-12(11)19)15(16,17)18/h5-7,10H,3-4,8,19H2,1-2H3,(H,20,21). The summed E-state index contributed by atoms with van der Waals surface area (Å²) in [7, 11) is 0. The van der Waals surface area contributed by atoms with Crippen LogP contribution in [0.1, 0.15) is 42.6 Å². The number of esters is 1. The van der Waals surface area contributed by atoms with Crippen molar-refractivity contribution < 1.29 is 27.5 Å². The smallest absolute Gasteiger partial charge is 0.416 e. The van der Waals surface area contributed by atoms with Crippen LogP contribution in [0.4, 0.5) is 18.9 Å². The Morgan fingerprint density at radius 3 is 2.35 bits per heavy atom. The molecule has 1 aromatic carbocycles. The SMILES string of the molecule is CCC(CC)NC(=O)COC(=O)c1ccc(C(F)(F)F)cc1N. The molecule has 128 valence electrons. The fraction of sp³-hybridized carbons (Fsp3) is 0.467. The maximum atomic E-state index is 12.5. The highest BCUT2D eigenvalue weighted by Gasteiger charge is 2.31. The summed E-state index contributed by atoms with van der Waals surface area (Å²) in [5.74, 6) is -1.42. The number of alkyl halides is 3. The predicted molar refractivity (Wildman–Crippen MR) is 78.7 cm³/mol. The summed E-state index contributed by atoms with van der Waals surface area (Å²) in [6.45, 7) is 3.29. The number of halogens is 3. The Hall–Kier alpha value is -2.25. The van der Waals surface area contributed by atoms with Gasteiger partial charge in [-0.25, -0.2) is 4.79 Å². The molecule has 0 bridgehead atoms. The second-order valence-corrected chi connectivity index (χ2v) is 4.96. The summed E-state index contributed by atoms with van der Waals surface area (Å²) < 4.78 is 42.3. The molecule has 3 N–H and O–H groups in total. The van der Waals surface area contributed by atoms with E-state index in [0.29, 0.717) is 6.07 Å². The maximum Gasteiger partial charge on any atom is 0.416 e. The largest absolute Gasteiger partial charge is 0.452 e. The second kappa shape index (κ2) is 7.85. The Bertz CT molecular complexity index is 570. The van der Waals surface area contributed by atoms with Gasteiger partial charge < -0.3 is 15.8 Å². The minimum absolute atomic E-state index is 0.0164. The number of amides is 1. The van der Waals surface area contributed by atoms with Crippen molar-refractivity contribution in [3.63, 3.8) is 0 Å². The summed E-state index contributed by atoms with van der Waals surface area (Å²) in [4.78, 5) is 23.4. The highest BCUT2D eigenvalue weighted by molar-refractivity contribution is 5.96. The van der Waals surface area contributed by atoms with Crippen LogP contribution in [0.3, 0.4) is 0 Å². The van der Waals surface area contributed by atoms with Crippen molar-refractivity contribution in [1.82, 2.24) is 5.32 Å². The van der Waals surface area contributed by atoms with E-state index in [1.807, 2.05) is 13.8 Å². The molecule has 0 atom stereocenters.